The molecule has 1 aliphatic heterocycles. The van der Waals surface area contributed by atoms with Crippen molar-refractivity contribution in [2.45, 2.75) is 31.4 Å². The van der Waals surface area contributed by atoms with Gasteiger partial charge in [0.2, 0.25) is 0 Å². The Bertz CT molecular complexity index is 936. The van der Waals surface area contributed by atoms with Gasteiger partial charge in [0.05, 0.1) is 23.5 Å². The number of fused-ring (bicyclic) bond motifs is 1. The molecule has 3 rings (SSSR count). The molecule has 0 saturated heterocycles. The van der Waals surface area contributed by atoms with Crippen LogP contribution in [0.4, 0.5) is 10.1 Å². The number of hydrogen-bond acceptors (Lipinski definition) is 7. The first-order valence-electron chi connectivity index (χ1n) is 7.89. The third-order valence-electron chi connectivity index (χ3n) is 3.36. The van der Waals surface area contributed by atoms with Crippen LogP contribution < -0.4 is 10.6 Å². The Hall–Kier alpha value is -2.31. The maximum absolute atomic E-state index is 14.1. The number of rotatable bonds is 2. The van der Waals surface area contributed by atoms with E-state index in [0.717, 1.165) is 0 Å². The fourth-order valence-corrected chi connectivity index (χ4v) is 4.37. The van der Waals surface area contributed by atoms with Crippen LogP contribution in [0.2, 0.25) is 0 Å². The maximum Gasteiger partial charge on any atom is 0.280 e. The average Bonchev–Trinajstić information content (AvgIpc) is 2.63. The van der Waals surface area contributed by atoms with Crippen LogP contribution in [-0.2, 0) is 5.75 Å². The van der Waals surface area contributed by atoms with Gasteiger partial charge in [0.25, 0.3) is 5.56 Å². The molecule has 0 atom stereocenters. The first-order valence-corrected chi connectivity index (χ1v) is 9.69. The maximum atomic E-state index is 14.1. The van der Waals surface area contributed by atoms with Crippen molar-refractivity contribution in [2.75, 3.05) is 12.1 Å². The van der Waals surface area contributed by atoms with Gasteiger partial charge in [-0.2, -0.15) is 15.5 Å². The van der Waals surface area contributed by atoms with Gasteiger partial charge in [-0.15, -0.1) is 0 Å². The first kappa shape index (κ1) is 20.0. The Morgan fingerprint density at radius 3 is 2.85 bits per heavy atom. The fourth-order valence-electron chi connectivity index (χ4n) is 2.20. The number of nitrogens with one attached hydrogen (secondary N) is 1. The number of halogens is 1. The quantitative estimate of drug-likeness (QED) is 0.837. The Kier molecular flexibility index (Phi) is 6.83. The van der Waals surface area contributed by atoms with Crippen molar-refractivity contribution in [1.82, 2.24) is 10.2 Å². The predicted octanol–water partition coefficient (Wildman–Crippen LogP) is 3.86. The van der Waals surface area contributed by atoms with Gasteiger partial charge in [0, 0.05) is 18.4 Å². The number of aromatic amines is 1. The van der Waals surface area contributed by atoms with E-state index in [2.05, 4.69) is 15.3 Å². The van der Waals surface area contributed by atoms with Crippen molar-refractivity contribution < 1.29 is 4.39 Å². The predicted molar refractivity (Wildman–Crippen MR) is 105 cm³/mol. The molecular formula is C17H18FN5OS2. The lowest BCUT2D eigenvalue weighted by Crippen LogP contribution is -2.22. The molecule has 0 spiro atoms. The van der Waals surface area contributed by atoms with E-state index in [-0.39, 0.29) is 11.3 Å². The highest BCUT2D eigenvalue weighted by atomic mass is 32.2. The molecule has 0 fully saturated rings. The van der Waals surface area contributed by atoms with E-state index in [0.29, 0.717) is 31.6 Å². The van der Waals surface area contributed by atoms with E-state index < -0.39 is 5.82 Å². The second kappa shape index (κ2) is 8.87. The summed E-state index contributed by atoms with van der Waals surface area (Å²) in [5.74, 6) is -0.149. The molecule has 1 aromatic carbocycles. The van der Waals surface area contributed by atoms with E-state index in [1.165, 1.54) is 35.8 Å². The smallest absolute Gasteiger partial charge is 0.267 e. The van der Waals surface area contributed by atoms with Crippen LogP contribution in [0.3, 0.4) is 0 Å². The first-order chi connectivity index (χ1) is 12.5. The minimum absolute atomic E-state index is 0.257. The van der Waals surface area contributed by atoms with Crippen molar-refractivity contribution in [3.8, 4) is 6.07 Å². The van der Waals surface area contributed by atoms with Crippen LogP contribution in [0.5, 0.6) is 0 Å². The minimum atomic E-state index is -0.406. The molecular weight excluding hydrogens is 373 g/mol. The number of hydrogen-bond donors (Lipinski definition) is 1. The summed E-state index contributed by atoms with van der Waals surface area (Å²) in [4.78, 5) is 12.4. The molecule has 1 aliphatic rings. The largest absolute Gasteiger partial charge is 0.280 e. The van der Waals surface area contributed by atoms with Crippen LogP contribution in [0.25, 0.3) is 0 Å². The number of aromatic nitrogens is 2. The standard InChI is InChI=1S/C15H12FN5OS2.C2H6/c1-8-3-9(5-17)10(11(16)4-8)7-23-15-20-21(2)12-6-18-19-14(22)13(12)24-15;1-2/h3-4,6H,7H2,1-2H3,(H,19,22);1-2H3. The Balaban J connectivity index is 0.00000117. The lowest BCUT2D eigenvalue weighted by molar-refractivity contribution is 0.615. The van der Waals surface area contributed by atoms with Gasteiger partial charge >= 0.3 is 0 Å². The number of H-pyrrole nitrogens is 1. The summed E-state index contributed by atoms with van der Waals surface area (Å²) in [6.07, 6.45) is 1.53. The summed E-state index contributed by atoms with van der Waals surface area (Å²) in [5.41, 5.74) is 1.68. The molecule has 0 radical (unpaired) electrons. The molecule has 0 aliphatic carbocycles. The molecule has 6 nitrogen and oxygen atoms in total. The molecule has 136 valence electrons. The van der Waals surface area contributed by atoms with E-state index in [1.807, 2.05) is 19.9 Å². The number of anilines is 1. The molecule has 0 amide bonds. The van der Waals surface area contributed by atoms with E-state index in [4.69, 9.17) is 0 Å². The molecule has 2 heterocycles. The summed E-state index contributed by atoms with van der Waals surface area (Å²) < 4.78 is 14.7. The number of benzene rings is 1. The van der Waals surface area contributed by atoms with E-state index in [1.54, 1.807) is 25.0 Å². The number of nitrogens with zero attached hydrogens (tertiary/aromatic N) is 4. The molecule has 1 aromatic heterocycles. The third kappa shape index (κ3) is 4.26. The lowest BCUT2D eigenvalue weighted by atomic mass is 10.1. The molecule has 0 bridgehead atoms. The summed E-state index contributed by atoms with van der Waals surface area (Å²) >= 11 is 2.49. The number of hydrazone groups is 1. The SMILES string of the molecule is CC.Cc1cc(F)c(CSC2=NN(C)c3cn[nH]c(=O)c3S2)c(C#N)c1. The summed E-state index contributed by atoms with van der Waals surface area (Å²) in [6.45, 7) is 5.74. The highest BCUT2D eigenvalue weighted by Gasteiger charge is 2.22. The van der Waals surface area contributed by atoms with Crippen LogP contribution in [0.15, 0.2) is 33.1 Å². The number of aryl methyl sites for hydroxylation is 1. The second-order valence-corrected chi connectivity index (χ2v) is 7.30. The highest BCUT2D eigenvalue weighted by Crippen LogP contribution is 2.36. The van der Waals surface area contributed by atoms with Crippen molar-refractivity contribution >= 4 is 33.6 Å². The van der Waals surface area contributed by atoms with Gasteiger partial charge < -0.3 is 0 Å². The van der Waals surface area contributed by atoms with Gasteiger partial charge in [0.15, 0.2) is 4.38 Å². The van der Waals surface area contributed by atoms with Crippen molar-refractivity contribution in [3.63, 3.8) is 0 Å². The van der Waals surface area contributed by atoms with Gasteiger partial charge in [-0.1, -0.05) is 37.4 Å². The van der Waals surface area contributed by atoms with Gasteiger partial charge in [-0.3, -0.25) is 9.80 Å². The fraction of sp³-hybridized carbons (Fsp3) is 0.294. The van der Waals surface area contributed by atoms with Crippen LogP contribution in [-0.4, -0.2) is 21.6 Å². The minimum Gasteiger partial charge on any atom is -0.267 e. The Morgan fingerprint density at radius 2 is 2.15 bits per heavy atom. The summed E-state index contributed by atoms with van der Waals surface area (Å²) in [7, 11) is 1.72. The third-order valence-corrected chi connectivity index (χ3v) is 5.58. The number of nitriles is 1. The van der Waals surface area contributed by atoms with Gasteiger partial charge in [-0.25, -0.2) is 9.49 Å². The van der Waals surface area contributed by atoms with Crippen molar-refractivity contribution in [1.29, 1.82) is 5.26 Å². The van der Waals surface area contributed by atoms with Gasteiger partial charge in [0.1, 0.15) is 10.7 Å². The topological polar surface area (TPSA) is 85.1 Å². The monoisotopic (exact) mass is 391 g/mol. The average molecular weight is 391 g/mol. The molecule has 0 unspecified atom stereocenters. The zero-order valence-electron chi connectivity index (χ0n) is 14.8. The molecule has 1 N–H and O–H groups in total. The zero-order valence-corrected chi connectivity index (χ0v) is 16.5. The van der Waals surface area contributed by atoms with E-state index >= 15 is 0 Å². The van der Waals surface area contributed by atoms with Crippen molar-refractivity contribution in [3.05, 3.63) is 51.2 Å². The Labute approximate surface area is 159 Å². The molecule has 26 heavy (non-hydrogen) atoms. The lowest BCUT2D eigenvalue weighted by Gasteiger charge is -2.22. The second-order valence-electron chi connectivity index (χ2n) is 5.08. The van der Waals surface area contributed by atoms with Crippen molar-refractivity contribution in [2.24, 2.45) is 5.10 Å². The zero-order chi connectivity index (χ0) is 19.3. The summed E-state index contributed by atoms with van der Waals surface area (Å²) in [6, 6.07) is 5.09. The Morgan fingerprint density at radius 1 is 1.42 bits per heavy atom. The van der Waals surface area contributed by atoms with E-state index in [9.17, 15) is 14.4 Å². The van der Waals surface area contributed by atoms with Crippen LogP contribution in [0, 0.1) is 24.1 Å². The van der Waals surface area contributed by atoms with Crippen LogP contribution >= 0.6 is 23.5 Å². The molecule has 2 aromatic rings. The summed E-state index contributed by atoms with van der Waals surface area (Å²) in [5, 5.41) is 21.3. The van der Waals surface area contributed by atoms with Crippen LogP contribution in [0.1, 0.15) is 30.5 Å². The number of thioether (sulfide) groups is 2. The van der Waals surface area contributed by atoms with Gasteiger partial charge in [-0.05, 0) is 24.6 Å². The highest BCUT2D eigenvalue weighted by molar-refractivity contribution is 8.38. The molecule has 9 heteroatoms. The molecule has 0 saturated carbocycles. The normalized spacial score (nSPS) is 12.5.